The normalized spacial score (nSPS) is 14.1. The number of H-pyrrole nitrogens is 1. The smallest absolute Gasteiger partial charge is 0.337 e. The lowest BCUT2D eigenvalue weighted by atomic mass is 9.80. The van der Waals surface area contributed by atoms with E-state index in [4.69, 9.17) is 14.5 Å². The number of ether oxygens (including phenoxy) is 2. The summed E-state index contributed by atoms with van der Waals surface area (Å²) in [5.74, 6) is -0.151. The van der Waals surface area contributed by atoms with E-state index in [9.17, 15) is 19.7 Å². The highest BCUT2D eigenvalue weighted by Crippen LogP contribution is 2.45. The minimum absolute atomic E-state index is 0.00303. The van der Waals surface area contributed by atoms with Gasteiger partial charge in [-0.25, -0.2) is 9.78 Å². The molecule has 3 aromatic carbocycles. The number of thioether (sulfide) groups is 1. The minimum atomic E-state index is -0.832. The Balaban J connectivity index is 1.63. The molecule has 1 aliphatic rings. The van der Waals surface area contributed by atoms with Crippen LogP contribution in [0.1, 0.15) is 35.1 Å². The Bertz CT molecular complexity index is 1690. The minimum Gasteiger partial charge on any atom is -0.496 e. The highest BCUT2D eigenvalue weighted by molar-refractivity contribution is 7.98. The van der Waals surface area contributed by atoms with E-state index >= 15 is 0 Å². The molecule has 0 spiro atoms. The third-order valence-electron chi connectivity index (χ3n) is 6.55. The quantitative estimate of drug-likeness (QED) is 0.0877. The van der Waals surface area contributed by atoms with Gasteiger partial charge in [0, 0.05) is 23.4 Å². The molecule has 208 valence electrons. The molecule has 1 unspecified atom stereocenters. The van der Waals surface area contributed by atoms with Gasteiger partial charge in [-0.05, 0) is 24.1 Å². The van der Waals surface area contributed by atoms with Crippen molar-refractivity contribution in [3.63, 3.8) is 0 Å². The number of non-ortho nitro benzene ring substituents is 1. The van der Waals surface area contributed by atoms with Crippen LogP contribution in [0.25, 0.3) is 5.70 Å². The predicted molar refractivity (Wildman–Crippen MR) is 156 cm³/mol. The second-order valence-electron chi connectivity index (χ2n) is 9.02. The van der Waals surface area contributed by atoms with E-state index in [1.54, 1.807) is 25.1 Å². The van der Waals surface area contributed by atoms with Crippen molar-refractivity contribution < 1.29 is 19.2 Å². The van der Waals surface area contributed by atoms with Crippen molar-refractivity contribution >= 4 is 34.9 Å². The van der Waals surface area contributed by atoms with E-state index < -0.39 is 22.4 Å². The molecule has 2 heterocycles. The van der Waals surface area contributed by atoms with E-state index in [0.717, 1.165) is 11.1 Å². The molecule has 2 N–H and O–H groups in total. The standard InChI is InChI=1S/C30H26N4O6S/c1-3-40-29(36)24-23(21-11-7-8-12-22(21)39-2)25-27(31-26(24)19-9-5-4-6-10-19)32-30(33-28(25)35)41-17-18-13-15-20(16-14-18)34(37)38/h4-16,23H,3,17H2,1-2H3,(H2,31,32,33,35). The number of nitrogens with zero attached hydrogens (tertiary/aromatic N) is 2. The van der Waals surface area contributed by atoms with Gasteiger partial charge in [-0.2, -0.15) is 0 Å². The third-order valence-corrected chi connectivity index (χ3v) is 7.50. The molecule has 0 amide bonds. The first-order valence-electron chi connectivity index (χ1n) is 12.8. The number of para-hydroxylation sites is 1. The lowest BCUT2D eigenvalue weighted by Gasteiger charge is -2.31. The Labute approximate surface area is 239 Å². The number of rotatable bonds is 9. The van der Waals surface area contributed by atoms with Gasteiger partial charge in [0.05, 0.1) is 41.4 Å². The average Bonchev–Trinajstić information content (AvgIpc) is 2.99. The van der Waals surface area contributed by atoms with Crippen LogP contribution in [-0.2, 0) is 15.3 Å². The number of esters is 1. The molecule has 0 saturated carbocycles. The SMILES string of the molecule is CCOC(=O)C1=C(c2ccccc2)Nc2nc(SCc3ccc([N+](=O)[O-])cc3)[nH]c(=O)c2C1c1ccccc1OC. The zero-order chi connectivity index (χ0) is 28.9. The van der Waals surface area contributed by atoms with E-state index in [1.807, 2.05) is 48.5 Å². The van der Waals surface area contributed by atoms with Crippen LogP contribution >= 0.6 is 11.8 Å². The maximum absolute atomic E-state index is 13.7. The number of aromatic amines is 1. The first-order valence-corrected chi connectivity index (χ1v) is 13.8. The molecule has 0 aliphatic carbocycles. The Morgan fingerprint density at radius 2 is 1.76 bits per heavy atom. The Morgan fingerprint density at radius 3 is 2.44 bits per heavy atom. The molecule has 11 heteroatoms. The van der Waals surface area contributed by atoms with E-state index in [2.05, 4.69) is 10.3 Å². The average molecular weight is 571 g/mol. The summed E-state index contributed by atoms with van der Waals surface area (Å²) in [6.07, 6.45) is 0. The van der Waals surface area contributed by atoms with Crippen LogP contribution in [-0.4, -0.2) is 34.6 Å². The number of nitro groups is 1. The van der Waals surface area contributed by atoms with Crippen molar-refractivity contribution in [2.45, 2.75) is 23.8 Å². The predicted octanol–water partition coefficient (Wildman–Crippen LogP) is 5.51. The number of benzene rings is 3. The van der Waals surface area contributed by atoms with Crippen molar-refractivity contribution in [1.29, 1.82) is 0 Å². The fraction of sp³-hybridized carbons (Fsp3) is 0.167. The van der Waals surface area contributed by atoms with E-state index in [1.165, 1.54) is 31.0 Å². The van der Waals surface area contributed by atoms with Gasteiger partial charge in [0.25, 0.3) is 11.2 Å². The van der Waals surface area contributed by atoms with Gasteiger partial charge in [-0.3, -0.25) is 14.9 Å². The second-order valence-corrected chi connectivity index (χ2v) is 9.98. The lowest BCUT2D eigenvalue weighted by Crippen LogP contribution is -2.31. The third kappa shape index (κ3) is 5.71. The topological polar surface area (TPSA) is 136 Å². The maximum Gasteiger partial charge on any atom is 0.337 e. The molecule has 0 fully saturated rings. The molecular formula is C30H26N4O6S. The largest absolute Gasteiger partial charge is 0.496 e. The number of carbonyl (C=O) groups is 1. The van der Waals surface area contributed by atoms with E-state index in [-0.39, 0.29) is 23.4 Å². The second kappa shape index (κ2) is 12.1. The van der Waals surface area contributed by atoms with Crippen molar-refractivity contribution in [2.75, 3.05) is 19.0 Å². The Morgan fingerprint density at radius 1 is 1.05 bits per heavy atom. The van der Waals surface area contributed by atoms with Gasteiger partial charge in [-0.15, -0.1) is 0 Å². The number of aromatic nitrogens is 2. The van der Waals surface area contributed by atoms with Crippen LogP contribution in [0.15, 0.2) is 94.4 Å². The summed E-state index contributed by atoms with van der Waals surface area (Å²) in [4.78, 5) is 45.4. The van der Waals surface area contributed by atoms with Gasteiger partial charge >= 0.3 is 5.97 Å². The number of nitro benzene ring substituents is 1. The van der Waals surface area contributed by atoms with Crippen LogP contribution in [0.4, 0.5) is 11.5 Å². The van der Waals surface area contributed by atoms with Gasteiger partial charge in [-0.1, -0.05) is 72.4 Å². The molecule has 1 atom stereocenters. The zero-order valence-corrected chi connectivity index (χ0v) is 23.1. The van der Waals surface area contributed by atoms with Gasteiger partial charge < -0.3 is 19.8 Å². The number of hydrogen-bond acceptors (Lipinski definition) is 9. The van der Waals surface area contributed by atoms with Crippen LogP contribution in [0.5, 0.6) is 5.75 Å². The molecule has 5 rings (SSSR count). The number of methoxy groups -OCH3 is 1. The molecule has 4 aromatic rings. The fourth-order valence-corrected chi connectivity index (χ4v) is 5.53. The molecular weight excluding hydrogens is 544 g/mol. The summed E-state index contributed by atoms with van der Waals surface area (Å²) in [7, 11) is 1.53. The number of nitrogens with one attached hydrogen (secondary N) is 2. The summed E-state index contributed by atoms with van der Waals surface area (Å²) >= 11 is 1.28. The Kier molecular flexibility index (Phi) is 8.16. The van der Waals surface area contributed by atoms with Crippen LogP contribution in [0, 0.1) is 10.1 Å². The summed E-state index contributed by atoms with van der Waals surface area (Å²) in [6, 6.07) is 22.8. The lowest BCUT2D eigenvalue weighted by molar-refractivity contribution is -0.384. The molecule has 0 bridgehead atoms. The summed E-state index contributed by atoms with van der Waals surface area (Å²) < 4.78 is 11.1. The van der Waals surface area contributed by atoms with Crippen molar-refractivity contribution in [2.24, 2.45) is 0 Å². The molecule has 0 saturated heterocycles. The molecule has 0 radical (unpaired) electrons. The van der Waals surface area contributed by atoms with Crippen molar-refractivity contribution in [3.8, 4) is 5.75 Å². The van der Waals surface area contributed by atoms with Gasteiger partial charge in [0.15, 0.2) is 5.16 Å². The first-order chi connectivity index (χ1) is 19.9. The number of carbonyl (C=O) groups excluding carboxylic acids is 1. The number of hydrogen-bond donors (Lipinski definition) is 2. The van der Waals surface area contributed by atoms with Gasteiger partial charge in [0.2, 0.25) is 0 Å². The number of anilines is 1. The van der Waals surface area contributed by atoms with Gasteiger partial charge in [0.1, 0.15) is 11.6 Å². The molecule has 10 nitrogen and oxygen atoms in total. The summed E-state index contributed by atoms with van der Waals surface area (Å²) in [5.41, 5.74) is 2.77. The van der Waals surface area contributed by atoms with Crippen LogP contribution in [0.3, 0.4) is 0 Å². The van der Waals surface area contributed by atoms with Crippen LogP contribution in [0.2, 0.25) is 0 Å². The fourth-order valence-electron chi connectivity index (χ4n) is 4.71. The maximum atomic E-state index is 13.7. The van der Waals surface area contributed by atoms with Crippen molar-refractivity contribution in [3.05, 3.63) is 127 Å². The molecule has 41 heavy (non-hydrogen) atoms. The van der Waals surface area contributed by atoms with Crippen molar-refractivity contribution in [1.82, 2.24) is 9.97 Å². The Hall–Kier alpha value is -4.90. The highest BCUT2D eigenvalue weighted by atomic mass is 32.2. The monoisotopic (exact) mass is 570 g/mol. The summed E-state index contributed by atoms with van der Waals surface area (Å²) in [6.45, 7) is 1.88. The number of fused-ring (bicyclic) bond motifs is 1. The first kappa shape index (κ1) is 27.7. The van der Waals surface area contributed by atoms with E-state index in [0.29, 0.717) is 33.7 Å². The summed E-state index contributed by atoms with van der Waals surface area (Å²) in [5, 5.41) is 14.6. The highest BCUT2D eigenvalue weighted by Gasteiger charge is 2.39. The van der Waals surface area contributed by atoms with Crippen LogP contribution < -0.4 is 15.6 Å². The molecule has 1 aliphatic heterocycles. The molecule has 1 aromatic heterocycles. The zero-order valence-electron chi connectivity index (χ0n) is 22.2.